The van der Waals surface area contributed by atoms with Crippen LogP contribution in [0, 0.1) is 0 Å². The average molecular weight is 214 g/mol. The van der Waals surface area contributed by atoms with Gasteiger partial charge in [-0.15, -0.1) is 0 Å². The molecule has 1 aromatic rings. The fourth-order valence-corrected chi connectivity index (χ4v) is 1.75. The summed E-state index contributed by atoms with van der Waals surface area (Å²) in [6.45, 7) is 3.16. The first-order valence-electron chi connectivity index (χ1n) is 4.25. The van der Waals surface area contributed by atoms with E-state index in [0.717, 1.165) is 0 Å². The van der Waals surface area contributed by atoms with E-state index in [4.69, 9.17) is 0 Å². The first-order chi connectivity index (χ1) is 6.27. The first kappa shape index (κ1) is 11.0. The average Bonchev–Trinajstić information content (AvgIpc) is 2.02. The molecular formula is C10H14O3S. The van der Waals surface area contributed by atoms with Crippen LogP contribution in [0.1, 0.15) is 19.4 Å². The summed E-state index contributed by atoms with van der Waals surface area (Å²) in [5.74, 6) is 0.0166. The van der Waals surface area contributed by atoms with Gasteiger partial charge in [0.1, 0.15) is 5.75 Å². The number of hydrogen-bond acceptors (Lipinski definition) is 3. The van der Waals surface area contributed by atoms with E-state index in [1.54, 1.807) is 32.0 Å². The van der Waals surface area contributed by atoms with Crippen LogP contribution in [0.3, 0.4) is 0 Å². The van der Waals surface area contributed by atoms with Crippen molar-refractivity contribution in [2.45, 2.75) is 18.6 Å². The highest BCUT2D eigenvalue weighted by molar-refractivity contribution is 7.91. The minimum absolute atomic E-state index is 0.0166. The summed E-state index contributed by atoms with van der Waals surface area (Å²) in [4.78, 5) is 0. The summed E-state index contributed by atoms with van der Waals surface area (Å²) in [6.07, 6.45) is 1.17. The fourth-order valence-electron chi connectivity index (χ4n) is 1.18. The van der Waals surface area contributed by atoms with Crippen molar-refractivity contribution in [3.63, 3.8) is 0 Å². The van der Waals surface area contributed by atoms with Gasteiger partial charge in [-0.05, 0) is 19.9 Å². The fraction of sp³-hybridized carbons (Fsp3) is 0.400. The lowest BCUT2D eigenvalue weighted by atomic mass is 10.0. The van der Waals surface area contributed by atoms with Gasteiger partial charge in [0.2, 0.25) is 0 Å². The molecule has 0 radical (unpaired) electrons. The molecule has 1 rings (SSSR count). The molecule has 14 heavy (non-hydrogen) atoms. The van der Waals surface area contributed by atoms with Crippen molar-refractivity contribution in [2.75, 3.05) is 6.26 Å². The Bertz CT molecular complexity index is 432. The molecule has 0 spiro atoms. The van der Waals surface area contributed by atoms with Gasteiger partial charge < -0.3 is 5.11 Å². The normalized spacial score (nSPS) is 12.8. The smallest absolute Gasteiger partial charge is 0.156 e. The van der Waals surface area contributed by atoms with E-state index in [0.29, 0.717) is 5.56 Å². The van der Waals surface area contributed by atoms with E-state index in [9.17, 15) is 13.5 Å². The minimum Gasteiger partial charge on any atom is -0.508 e. The molecule has 0 saturated heterocycles. The molecule has 4 heteroatoms. The van der Waals surface area contributed by atoms with E-state index in [1.165, 1.54) is 12.3 Å². The van der Waals surface area contributed by atoms with Gasteiger partial charge in [-0.25, -0.2) is 8.42 Å². The van der Waals surface area contributed by atoms with E-state index in [1.807, 2.05) is 0 Å². The zero-order valence-electron chi connectivity index (χ0n) is 8.48. The zero-order valence-corrected chi connectivity index (χ0v) is 9.30. The maximum absolute atomic E-state index is 11.5. The maximum Gasteiger partial charge on any atom is 0.156 e. The van der Waals surface area contributed by atoms with Crippen molar-refractivity contribution in [3.8, 4) is 5.75 Å². The standard InChI is InChI=1S/C10H14O3S/c1-10(2,14(3,12)13)8-6-4-5-7-9(8)11/h4-7,11H,1-3H3. The Morgan fingerprint density at radius 1 is 1.21 bits per heavy atom. The second-order valence-electron chi connectivity index (χ2n) is 3.80. The Labute approximate surface area is 84.3 Å². The van der Waals surface area contributed by atoms with Crippen LogP contribution in [-0.2, 0) is 14.6 Å². The number of benzene rings is 1. The third-order valence-corrected chi connectivity index (χ3v) is 4.55. The molecule has 0 amide bonds. The van der Waals surface area contributed by atoms with E-state index < -0.39 is 14.6 Å². The molecule has 0 aliphatic carbocycles. The van der Waals surface area contributed by atoms with Gasteiger partial charge in [-0.3, -0.25) is 0 Å². The molecule has 0 bridgehead atoms. The lowest BCUT2D eigenvalue weighted by molar-refractivity contribution is 0.457. The summed E-state index contributed by atoms with van der Waals surface area (Å²) in [5, 5.41) is 9.55. The van der Waals surface area contributed by atoms with E-state index in [-0.39, 0.29) is 5.75 Å². The Hall–Kier alpha value is -1.03. The summed E-state index contributed by atoms with van der Waals surface area (Å²) in [7, 11) is -3.24. The van der Waals surface area contributed by atoms with Crippen molar-refractivity contribution < 1.29 is 13.5 Å². The molecule has 78 valence electrons. The highest BCUT2D eigenvalue weighted by atomic mass is 32.2. The predicted octanol–water partition coefficient (Wildman–Crippen LogP) is 1.67. The van der Waals surface area contributed by atoms with E-state index in [2.05, 4.69) is 0 Å². The second kappa shape index (κ2) is 3.28. The zero-order chi connectivity index (χ0) is 11.0. The summed E-state index contributed by atoms with van der Waals surface area (Å²) >= 11 is 0. The highest BCUT2D eigenvalue weighted by Gasteiger charge is 2.34. The molecule has 0 aromatic heterocycles. The molecule has 0 fully saturated rings. The quantitative estimate of drug-likeness (QED) is 0.814. The van der Waals surface area contributed by atoms with Crippen molar-refractivity contribution in [3.05, 3.63) is 29.8 Å². The Morgan fingerprint density at radius 2 is 1.71 bits per heavy atom. The predicted molar refractivity (Wildman–Crippen MR) is 56.0 cm³/mol. The SMILES string of the molecule is CC(C)(c1ccccc1O)S(C)(=O)=O. The molecule has 3 nitrogen and oxygen atoms in total. The van der Waals surface area contributed by atoms with Crippen LogP contribution in [0.4, 0.5) is 0 Å². The monoisotopic (exact) mass is 214 g/mol. The van der Waals surface area contributed by atoms with Crippen LogP contribution in [-0.4, -0.2) is 19.8 Å². The van der Waals surface area contributed by atoms with Gasteiger partial charge in [0.05, 0.1) is 4.75 Å². The Morgan fingerprint density at radius 3 is 2.14 bits per heavy atom. The summed E-state index contributed by atoms with van der Waals surface area (Å²) in [6, 6.07) is 6.48. The number of sulfone groups is 1. The van der Waals surface area contributed by atoms with Gasteiger partial charge in [0, 0.05) is 11.8 Å². The molecule has 0 saturated carbocycles. The third-order valence-electron chi connectivity index (χ3n) is 2.48. The summed E-state index contributed by atoms with van der Waals surface area (Å²) < 4.78 is 21.9. The minimum atomic E-state index is -3.24. The lowest BCUT2D eigenvalue weighted by Crippen LogP contribution is -2.28. The van der Waals surface area contributed by atoms with Crippen LogP contribution in [0.15, 0.2) is 24.3 Å². The van der Waals surface area contributed by atoms with Crippen molar-refractivity contribution in [2.24, 2.45) is 0 Å². The summed E-state index contributed by atoms with van der Waals surface area (Å²) in [5.41, 5.74) is 0.433. The van der Waals surface area contributed by atoms with E-state index >= 15 is 0 Å². The molecule has 0 unspecified atom stereocenters. The van der Waals surface area contributed by atoms with Crippen molar-refractivity contribution in [1.29, 1.82) is 0 Å². The molecule has 0 atom stereocenters. The number of phenolic OH excluding ortho intramolecular Hbond substituents is 1. The molecule has 0 aliphatic heterocycles. The van der Waals surface area contributed by atoms with Crippen LogP contribution in [0.25, 0.3) is 0 Å². The van der Waals surface area contributed by atoms with Crippen LogP contribution >= 0.6 is 0 Å². The lowest BCUT2D eigenvalue weighted by Gasteiger charge is -2.23. The van der Waals surface area contributed by atoms with Gasteiger partial charge in [-0.1, -0.05) is 18.2 Å². The molecule has 1 N–H and O–H groups in total. The topological polar surface area (TPSA) is 54.4 Å². The maximum atomic E-state index is 11.5. The molecule has 1 aromatic carbocycles. The van der Waals surface area contributed by atoms with Crippen LogP contribution < -0.4 is 0 Å². The third kappa shape index (κ3) is 1.75. The number of phenols is 1. The van der Waals surface area contributed by atoms with Gasteiger partial charge >= 0.3 is 0 Å². The van der Waals surface area contributed by atoms with Gasteiger partial charge in [0.15, 0.2) is 9.84 Å². The molecule has 0 aliphatic rings. The Kier molecular flexibility index (Phi) is 2.58. The van der Waals surface area contributed by atoms with Gasteiger partial charge in [-0.2, -0.15) is 0 Å². The highest BCUT2D eigenvalue weighted by Crippen LogP contribution is 2.34. The van der Waals surface area contributed by atoms with Crippen LogP contribution in [0.5, 0.6) is 5.75 Å². The number of aromatic hydroxyl groups is 1. The second-order valence-corrected chi connectivity index (χ2v) is 6.36. The van der Waals surface area contributed by atoms with Crippen molar-refractivity contribution >= 4 is 9.84 Å². The van der Waals surface area contributed by atoms with Gasteiger partial charge in [0.25, 0.3) is 0 Å². The number of rotatable bonds is 2. The number of para-hydroxylation sites is 1. The largest absolute Gasteiger partial charge is 0.508 e. The number of hydrogen-bond donors (Lipinski definition) is 1. The van der Waals surface area contributed by atoms with Crippen molar-refractivity contribution in [1.82, 2.24) is 0 Å². The molecular weight excluding hydrogens is 200 g/mol. The Balaban J connectivity index is 3.38. The van der Waals surface area contributed by atoms with Crippen LogP contribution in [0.2, 0.25) is 0 Å². The molecule has 0 heterocycles. The first-order valence-corrected chi connectivity index (χ1v) is 6.14.